The van der Waals surface area contributed by atoms with Gasteiger partial charge in [-0.1, -0.05) is 12.1 Å². The van der Waals surface area contributed by atoms with E-state index >= 15 is 0 Å². The minimum Gasteiger partial charge on any atom is -0.212 e. The maximum atomic E-state index is 12.8. The van der Waals surface area contributed by atoms with E-state index in [0.717, 1.165) is 6.42 Å². The van der Waals surface area contributed by atoms with E-state index in [4.69, 9.17) is 5.26 Å². The van der Waals surface area contributed by atoms with E-state index in [0.29, 0.717) is 17.7 Å². The summed E-state index contributed by atoms with van der Waals surface area (Å²) in [6, 6.07) is 10.9. The van der Waals surface area contributed by atoms with Crippen LogP contribution in [0.3, 0.4) is 0 Å². The van der Waals surface area contributed by atoms with Crippen molar-refractivity contribution in [3.8, 4) is 6.07 Å². The summed E-state index contributed by atoms with van der Waals surface area (Å²) in [6.45, 7) is 2.51. The molecule has 0 spiro atoms. The van der Waals surface area contributed by atoms with E-state index in [-0.39, 0.29) is 17.7 Å². The van der Waals surface area contributed by atoms with Crippen LogP contribution in [0.15, 0.2) is 41.1 Å². The molecule has 0 saturated carbocycles. The van der Waals surface area contributed by atoms with Gasteiger partial charge in [0, 0.05) is 18.5 Å². The first-order valence-electron chi connectivity index (χ1n) is 7.50. The van der Waals surface area contributed by atoms with E-state index in [9.17, 15) is 8.42 Å². The molecule has 1 aromatic carbocycles. The molecule has 1 aliphatic rings. The number of hydrogen-bond donors (Lipinski definition) is 0. The normalized spacial score (nSPS) is 22.1. The quantitative estimate of drug-likeness (QED) is 0.853. The Morgan fingerprint density at radius 3 is 2.91 bits per heavy atom. The molecule has 1 aromatic heterocycles. The number of thiophene rings is 1. The van der Waals surface area contributed by atoms with Gasteiger partial charge in [-0.05, 0) is 53.4 Å². The third kappa shape index (κ3) is 3.47. The summed E-state index contributed by atoms with van der Waals surface area (Å²) in [5.74, 6) is 0.222. The van der Waals surface area contributed by atoms with E-state index in [1.165, 1.54) is 5.56 Å². The first kappa shape index (κ1) is 16.2. The Morgan fingerprint density at radius 1 is 1.39 bits per heavy atom. The number of hydrogen-bond acceptors (Lipinski definition) is 4. The molecule has 3 rings (SSSR count). The first-order chi connectivity index (χ1) is 11.0. The Bertz CT molecular complexity index is 823. The Morgan fingerprint density at radius 2 is 2.22 bits per heavy atom. The van der Waals surface area contributed by atoms with Gasteiger partial charge in [-0.2, -0.15) is 20.9 Å². The number of nitrogens with zero attached hydrogens (tertiary/aromatic N) is 2. The van der Waals surface area contributed by atoms with Crippen LogP contribution in [0.4, 0.5) is 0 Å². The summed E-state index contributed by atoms with van der Waals surface area (Å²) >= 11 is 1.64. The molecule has 1 aliphatic heterocycles. The topological polar surface area (TPSA) is 61.2 Å². The highest BCUT2D eigenvalue weighted by atomic mass is 32.2. The molecule has 1 saturated heterocycles. The summed E-state index contributed by atoms with van der Waals surface area (Å²) < 4.78 is 27.2. The Labute approximate surface area is 141 Å². The molecular weight excluding hydrogens is 328 g/mol. The fourth-order valence-corrected chi connectivity index (χ4v) is 5.71. The van der Waals surface area contributed by atoms with Gasteiger partial charge in [-0.15, -0.1) is 0 Å². The number of benzene rings is 1. The first-order valence-corrected chi connectivity index (χ1v) is 10.1. The summed E-state index contributed by atoms with van der Waals surface area (Å²) in [5, 5.41) is 13.1. The highest BCUT2D eigenvalue weighted by Gasteiger charge is 2.37. The van der Waals surface area contributed by atoms with Gasteiger partial charge in [-0.3, -0.25) is 0 Å². The number of sulfonamides is 1. The average Bonchev–Trinajstić information content (AvgIpc) is 3.16. The molecule has 2 aromatic rings. The molecule has 0 aliphatic carbocycles. The van der Waals surface area contributed by atoms with Crippen LogP contribution in [0.1, 0.15) is 36.0 Å². The van der Waals surface area contributed by atoms with Crippen LogP contribution in [-0.4, -0.2) is 25.3 Å². The second-order valence-corrected chi connectivity index (χ2v) is 8.68. The zero-order chi connectivity index (χ0) is 16.4. The van der Waals surface area contributed by atoms with Crippen molar-refractivity contribution >= 4 is 21.4 Å². The van der Waals surface area contributed by atoms with Gasteiger partial charge in [0.2, 0.25) is 10.0 Å². The lowest BCUT2D eigenvalue weighted by Gasteiger charge is -2.21. The monoisotopic (exact) mass is 346 g/mol. The van der Waals surface area contributed by atoms with Crippen molar-refractivity contribution in [2.45, 2.75) is 31.1 Å². The van der Waals surface area contributed by atoms with Crippen molar-refractivity contribution in [1.29, 1.82) is 5.26 Å². The number of rotatable bonds is 4. The third-order valence-corrected chi connectivity index (χ3v) is 6.92. The second kappa shape index (κ2) is 6.44. The lowest BCUT2D eigenvalue weighted by Crippen LogP contribution is -2.34. The van der Waals surface area contributed by atoms with Crippen molar-refractivity contribution in [2.24, 2.45) is 0 Å². The van der Waals surface area contributed by atoms with E-state index in [2.05, 4.69) is 11.4 Å². The highest BCUT2D eigenvalue weighted by molar-refractivity contribution is 7.88. The Hall–Kier alpha value is -1.68. The summed E-state index contributed by atoms with van der Waals surface area (Å²) in [4.78, 5) is 0. The Balaban J connectivity index is 1.78. The standard InChI is InChI=1S/C17H18N2O2S2/c1-13-7-17(16-5-6-22-11-16)10-19(13)23(20,21)12-15-4-2-3-14(8-15)9-18/h2-6,8,11,13,17H,7,10,12H2,1H3. The molecule has 2 atom stereocenters. The van der Waals surface area contributed by atoms with Gasteiger partial charge >= 0.3 is 0 Å². The van der Waals surface area contributed by atoms with Crippen molar-refractivity contribution in [3.05, 3.63) is 57.8 Å². The molecule has 2 heterocycles. The second-order valence-electron chi connectivity index (χ2n) is 5.98. The number of nitriles is 1. The molecule has 1 fully saturated rings. The third-order valence-electron chi connectivity index (χ3n) is 4.29. The van der Waals surface area contributed by atoms with Crippen LogP contribution < -0.4 is 0 Å². The largest absolute Gasteiger partial charge is 0.218 e. The molecular formula is C17H18N2O2S2. The average molecular weight is 346 g/mol. The van der Waals surface area contributed by atoms with E-state index < -0.39 is 10.0 Å². The maximum absolute atomic E-state index is 12.8. The minimum atomic E-state index is -3.38. The van der Waals surface area contributed by atoms with Crippen LogP contribution in [-0.2, 0) is 15.8 Å². The van der Waals surface area contributed by atoms with Gasteiger partial charge in [0.15, 0.2) is 0 Å². The molecule has 0 bridgehead atoms. The summed E-state index contributed by atoms with van der Waals surface area (Å²) in [7, 11) is -3.38. The van der Waals surface area contributed by atoms with Crippen LogP contribution >= 0.6 is 11.3 Å². The van der Waals surface area contributed by atoms with Crippen molar-refractivity contribution < 1.29 is 8.42 Å². The van der Waals surface area contributed by atoms with Crippen LogP contribution in [0.2, 0.25) is 0 Å². The van der Waals surface area contributed by atoms with Gasteiger partial charge in [0.05, 0.1) is 17.4 Å². The Kier molecular flexibility index (Phi) is 4.53. The minimum absolute atomic E-state index is 0.00375. The lowest BCUT2D eigenvalue weighted by molar-refractivity contribution is 0.406. The molecule has 120 valence electrons. The zero-order valence-electron chi connectivity index (χ0n) is 12.8. The predicted molar refractivity (Wildman–Crippen MR) is 91.6 cm³/mol. The fraction of sp³-hybridized carbons (Fsp3) is 0.353. The van der Waals surface area contributed by atoms with E-state index in [1.54, 1.807) is 39.9 Å². The molecule has 2 unspecified atom stereocenters. The molecule has 23 heavy (non-hydrogen) atoms. The zero-order valence-corrected chi connectivity index (χ0v) is 14.5. The fourth-order valence-electron chi connectivity index (χ4n) is 3.16. The van der Waals surface area contributed by atoms with Crippen molar-refractivity contribution in [1.82, 2.24) is 4.31 Å². The molecule has 0 radical (unpaired) electrons. The van der Waals surface area contributed by atoms with Gasteiger partial charge in [-0.25, -0.2) is 8.42 Å². The van der Waals surface area contributed by atoms with Crippen LogP contribution in [0.25, 0.3) is 0 Å². The van der Waals surface area contributed by atoms with E-state index in [1.807, 2.05) is 18.4 Å². The molecule has 4 nitrogen and oxygen atoms in total. The van der Waals surface area contributed by atoms with Crippen LogP contribution in [0, 0.1) is 11.3 Å². The molecule has 0 amide bonds. The summed E-state index contributed by atoms with van der Waals surface area (Å²) in [5.41, 5.74) is 2.38. The van der Waals surface area contributed by atoms with Crippen molar-refractivity contribution in [2.75, 3.05) is 6.54 Å². The van der Waals surface area contributed by atoms with Crippen LogP contribution in [0.5, 0.6) is 0 Å². The highest BCUT2D eigenvalue weighted by Crippen LogP contribution is 2.35. The van der Waals surface area contributed by atoms with Gasteiger partial charge in [0.25, 0.3) is 0 Å². The SMILES string of the molecule is CC1CC(c2ccsc2)CN1S(=O)(=O)Cc1cccc(C#N)c1. The maximum Gasteiger partial charge on any atom is 0.218 e. The predicted octanol–water partition coefficient (Wildman–Crippen LogP) is 3.33. The summed E-state index contributed by atoms with van der Waals surface area (Å²) in [6.07, 6.45) is 0.855. The van der Waals surface area contributed by atoms with Crippen molar-refractivity contribution in [3.63, 3.8) is 0 Å². The molecule has 0 N–H and O–H groups in total. The molecule has 6 heteroatoms. The lowest BCUT2D eigenvalue weighted by atomic mass is 10.00. The van der Waals surface area contributed by atoms with Gasteiger partial charge in [0.1, 0.15) is 0 Å². The van der Waals surface area contributed by atoms with Gasteiger partial charge < -0.3 is 0 Å². The smallest absolute Gasteiger partial charge is 0.212 e.